The van der Waals surface area contributed by atoms with Crippen molar-refractivity contribution in [1.29, 1.82) is 0 Å². The Labute approximate surface area is 185 Å². The van der Waals surface area contributed by atoms with Gasteiger partial charge in [-0.2, -0.15) is 0 Å². The van der Waals surface area contributed by atoms with Crippen LogP contribution in [0.4, 0.5) is 0 Å². The van der Waals surface area contributed by atoms with Gasteiger partial charge >= 0.3 is 13.1 Å². The van der Waals surface area contributed by atoms with Crippen molar-refractivity contribution in [2.45, 2.75) is 88.9 Å². The van der Waals surface area contributed by atoms with Crippen LogP contribution in [0.3, 0.4) is 0 Å². The molecule has 1 aromatic carbocycles. The fourth-order valence-electron chi connectivity index (χ4n) is 5.69. The van der Waals surface area contributed by atoms with Gasteiger partial charge in [-0.15, -0.1) is 0 Å². The topological polar surface area (TPSA) is 65.1 Å². The molecule has 3 fully saturated rings. The molecule has 3 aliphatic heterocycles. The average molecular weight is 427 g/mol. The first-order valence-corrected chi connectivity index (χ1v) is 11.4. The Bertz CT molecular complexity index is 826. The van der Waals surface area contributed by atoms with E-state index in [0.717, 1.165) is 32.0 Å². The molecular weight excluding hydrogens is 393 g/mol. The first-order chi connectivity index (χ1) is 14.6. The molecule has 0 spiro atoms. The summed E-state index contributed by atoms with van der Waals surface area (Å²) in [5.74, 6) is -0.256. The second-order valence-corrected chi connectivity index (χ2v) is 10.2. The van der Waals surface area contributed by atoms with Crippen LogP contribution in [-0.4, -0.2) is 53.8 Å². The molecule has 0 N–H and O–H groups in total. The van der Waals surface area contributed by atoms with Gasteiger partial charge in [0.25, 0.3) is 5.91 Å². The van der Waals surface area contributed by atoms with Gasteiger partial charge in [0.15, 0.2) is 0 Å². The molecule has 0 radical (unpaired) electrons. The van der Waals surface area contributed by atoms with Crippen molar-refractivity contribution < 1.29 is 23.6 Å². The Morgan fingerprint density at radius 3 is 2.39 bits per heavy atom. The predicted octanol–water partition coefficient (Wildman–Crippen LogP) is 4.10. The standard InChI is InChI=1S/C24H34BNO5/c1-22(2)23(3,4)31-25(30-22)15-9-12-18-16-19-13-14-24(18,21(28)29-5)26(19)20(27)17-10-7-6-8-11-17/h6-8,10-11,18-19H,9,12-16H2,1-5H3/t18-,19-,24+/m1/s1. The number of nitrogens with zero attached hydrogens (tertiary/aromatic N) is 1. The molecule has 7 heteroatoms. The Kier molecular flexibility index (Phi) is 5.71. The monoisotopic (exact) mass is 427 g/mol. The number of carbonyl (C=O) groups excluding carboxylic acids is 2. The predicted molar refractivity (Wildman–Crippen MR) is 119 cm³/mol. The van der Waals surface area contributed by atoms with E-state index in [1.165, 1.54) is 7.11 Å². The van der Waals surface area contributed by atoms with Gasteiger partial charge in [-0.25, -0.2) is 4.79 Å². The van der Waals surface area contributed by atoms with Crippen LogP contribution in [0.2, 0.25) is 6.32 Å². The third-order valence-corrected chi connectivity index (χ3v) is 7.96. The molecule has 0 saturated carbocycles. The van der Waals surface area contributed by atoms with Crippen LogP contribution in [-0.2, 0) is 18.8 Å². The van der Waals surface area contributed by atoms with Gasteiger partial charge in [-0.1, -0.05) is 24.6 Å². The summed E-state index contributed by atoms with van der Waals surface area (Å²) in [7, 11) is 1.19. The summed E-state index contributed by atoms with van der Waals surface area (Å²) in [6.07, 6.45) is 4.86. The van der Waals surface area contributed by atoms with E-state index in [2.05, 4.69) is 27.7 Å². The first kappa shape index (κ1) is 22.3. The molecule has 3 saturated heterocycles. The SMILES string of the molecule is COC(=O)[C@]12CC[C@H](C[C@H]1CCCB1OC(C)(C)C(C)(C)O1)N2C(=O)c1ccccc1. The molecule has 3 atom stereocenters. The molecule has 0 aliphatic carbocycles. The second kappa shape index (κ2) is 7.93. The number of amides is 1. The van der Waals surface area contributed by atoms with E-state index in [1.54, 1.807) is 0 Å². The van der Waals surface area contributed by atoms with Gasteiger partial charge in [0.1, 0.15) is 5.54 Å². The van der Waals surface area contributed by atoms with Crippen molar-refractivity contribution in [2.24, 2.45) is 5.92 Å². The number of esters is 1. The Morgan fingerprint density at radius 1 is 1.13 bits per heavy atom. The van der Waals surface area contributed by atoms with Crippen molar-refractivity contribution in [2.75, 3.05) is 7.11 Å². The first-order valence-electron chi connectivity index (χ1n) is 11.4. The highest BCUT2D eigenvalue weighted by atomic mass is 16.7. The van der Waals surface area contributed by atoms with Crippen molar-refractivity contribution >= 4 is 19.0 Å². The van der Waals surface area contributed by atoms with Gasteiger partial charge in [0.05, 0.1) is 18.3 Å². The van der Waals surface area contributed by atoms with Gasteiger partial charge < -0.3 is 18.9 Å². The van der Waals surface area contributed by atoms with Crippen LogP contribution in [0.25, 0.3) is 0 Å². The maximum absolute atomic E-state index is 13.4. The van der Waals surface area contributed by atoms with Crippen LogP contribution < -0.4 is 0 Å². The molecule has 1 aromatic rings. The fourth-order valence-corrected chi connectivity index (χ4v) is 5.69. The van der Waals surface area contributed by atoms with Gasteiger partial charge in [-0.05, 0) is 77.7 Å². The number of methoxy groups -OCH3 is 1. The molecular formula is C24H34BNO5. The summed E-state index contributed by atoms with van der Waals surface area (Å²) in [6.45, 7) is 8.23. The summed E-state index contributed by atoms with van der Waals surface area (Å²) in [4.78, 5) is 28.3. The zero-order valence-corrected chi connectivity index (χ0v) is 19.3. The minimum absolute atomic E-state index is 0.0676. The van der Waals surface area contributed by atoms with E-state index in [1.807, 2.05) is 35.2 Å². The zero-order chi connectivity index (χ0) is 22.4. The van der Waals surface area contributed by atoms with Crippen LogP contribution in [0.15, 0.2) is 30.3 Å². The minimum atomic E-state index is -0.859. The molecule has 31 heavy (non-hydrogen) atoms. The highest BCUT2D eigenvalue weighted by molar-refractivity contribution is 6.45. The van der Waals surface area contributed by atoms with Crippen LogP contribution in [0.5, 0.6) is 0 Å². The van der Waals surface area contributed by atoms with Crippen LogP contribution in [0.1, 0.15) is 70.2 Å². The lowest BCUT2D eigenvalue weighted by atomic mass is 9.72. The van der Waals surface area contributed by atoms with E-state index in [9.17, 15) is 9.59 Å². The van der Waals surface area contributed by atoms with Gasteiger partial charge in [-0.3, -0.25) is 4.79 Å². The van der Waals surface area contributed by atoms with Crippen LogP contribution in [0, 0.1) is 5.92 Å². The highest BCUT2D eigenvalue weighted by Crippen LogP contribution is 2.53. The maximum Gasteiger partial charge on any atom is 0.457 e. The van der Waals surface area contributed by atoms with Gasteiger partial charge in [0, 0.05) is 11.6 Å². The molecule has 6 nitrogen and oxygen atoms in total. The summed E-state index contributed by atoms with van der Waals surface area (Å²) in [5, 5.41) is 0. The zero-order valence-electron chi connectivity index (χ0n) is 19.3. The smallest absolute Gasteiger partial charge is 0.457 e. The molecule has 0 unspecified atom stereocenters. The van der Waals surface area contributed by atoms with Crippen molar-refractivity contribution in [3.63, 3.8) is 0 Å². The molecule has 1 amide bonds. The number of hydrogen-bond acceptors (Lipinski definition) is 5. The number of ether oxygens (including phenoxy) is 1. The molecule has 4 rings (SSSR count). The van der Waals surface area contributed by atoms with E-state index in [-0.39, 0.29) is 42.2 Å². The lowest BCUT2D eigenvalue weighted by Crippen LogP contribution is -2.55. The maximum atomic E-state index is 13.4. The van der Waals surface area contributed by atoms with E-state index in [0.29, 0.717) is 12.0 Å². The largest absolute Gasteiger partial charge is 0.467 e. The van der Waals surface area contributed by atoms with Crippen molar-refractivity contribution in [3.8, 4) is 0 Å². The number of carbonyl (C=O) groups is 2. The summed E-state index contributed by atoms with van der Waals surface area (Å²) < 4.78 is 17.5. The molecule has 0 aromatic heterocycles. The highest BCUT2D eigenvalue weighted by Gasteiger charge is 2.64. The quantitative estimate of drug-likeness (QED) is 0.505. The Balaban J connectivity index is 1.48. The molecule has 3 heterocycles. The van der Waals surface area contributed by atoms with E-state index >= 15 is 0 Å². The van der Waals surface area contributed by atoms with E-state index in [4.69, 9.17) is 14.0 Å². The fraction of sp³-hybridized carbons (Fsp3) is 0.667. The number of benzene rings is 1. The minimum Gasteiger partial charge on any atom is -0.467 e. The molecule has 2 bridgehead atoms. The molecule has 168 valence electrons. The Hall–Kier alpha value is -1.86. The number of fused-ring (bicyclic) bond motifs is 2. The summed E-state index contributed by atoms with van der Waals surface area (Å²) in [6, 6.07) is 9.34. The van der Waals surface area contributed by atoms with E-state index < -0.39 is 5.54 Å². The molecule has 3 aliphatic rings. The lowest BCUT2D eigenvalue weighted by molar-refractivity contribution is -0.153. The third kappa shape index (κ3) is 3.60. The summed E-state index contributed by atoms with van der Waals surface area (Å²) in [5.41, 5.74) is -0.907. The van der Waals surface area contributed by atoms with Crippen LogP contribution >= 0.6 is 0 Å². The Morgan fingerprint density at radius 2 is 1.77 bits per heavy atom. The van der Waals surface area contributed by atoms with Gasteiger partial charge in [0.2, 0.25) is 0 Å². The van der Waals surface area contributed by atoms with Crippen molar-refractivity contribution in [1.82, 2.24) is 4.90 Å². The number of hydrogen-bond donors (Lipinski definition) is 0. The average Bonchev–Trinajstić information content (AvgIpc) is 3.33. The normalized spacial score (nSPS) is 30.6. The lowest BCUT2D eigenvalue weighted by Gasteiger charge is -2.37. The third-order valence-electron chi connectivity index (χ3n) is 7.96. The van der Waals surface area contributed by atoms with Crippen molar-refractivity contribution in [3.05, 3.63) is 35.9 Å². The second-order valence-electron chi connectivity index (χ2n) is 10.2. The number of rotatable bonds is 6. The summed E-state index contributed by atoms with van der Waals surface area (Å²) >= 11 is 0.